The first-order chi connectivity index (χ1) is 12.7. The molecule has 1 aromatic carbocycles. The van der Waals surface area contributed by atoms with Crippen molar-refractivity contribution >= 4 is 17.5 Å². The van der Waals surface area contributed by atoms with Gasteiger partial charge in [-0.15, -0.1) is 5.10 Å². The van der Waals surface area contributed by atoms with Crippen molar-refractivity contribution in [3.8, 4) is 0 Å². The second kappa shape index (κ2) is 8.78. The maximum absolute atomic E-state index is 13.1. The normalized spacial score (nSPS) is 14.6. The van der Waals surface area contributed by atoms with Crippen LogP contribution in [-0.4, -0.2) is 54.4 Å². The van der Waals surface area contributed by atoms with Crippen molar-refractivity contribution in [3.63, 3.8) is 0 Å². The fourth-order valence-electron chi connectivity index (χ4n) is 3.27. The molecule has 0 aliphatic carbocycles. The summed E-state index contributed by atoms with van der Waals surface area (Å²) < 4.78 is 13.1. The summed E-state index contributed by atoms with van der Waals surface area (Å²) in [7, 11) is 0. The third-order valence-corrected chi connectivity index (χ3v) is 4.60. The zero-order valence-electron chi connectivity index (χ0n) is 15.6. The first-order valence-electron chi connectivity index (χ1n) is 9.41. The van der Waals surface area contributed by atoms with Crippen molar-refractivity contribution < 1.29 is 4.39 Å². The van der Waals surface area contributed by atoms with Crippen LogP contribution in [0.25, 0.3) is 0 Å². The standard InChI is InChI=1S/C19H27FN6/c1-3-9-25(10-4-2)18-15-21-23-19(22-18)26-13-11-24(12-14-26)17-7-5-16(20)6-8-17/h5-8,15H,3-4,9-14H2,1-2H3. The van der Waals surface area contributed by atoms with Gasteiger partial charge >= 0.3 is 0 Å². The smallest absolute Gasteiger partial charge is 0.247 e. The lowest BCUT2D eigenvalue weighted by atomic mass is 10.2. The van der Waals surface area contributed by atoms with Gasteiger partial charge in [0.1, 0.15) is 5.82 Å². The van der Waals surface area contributed by atoms with Crippen LogP contribution in [0.1, 0.15) is 26.7 Å². The van der Waals surface area contributed by atoms with Gasteiger partial charge < -0.3 is 14.7 Å². The number of halogens is 1. The van der Waals surface area contributed by atoms with E-state index in [1.54, 1.807) is 6.20 Å². The maximum Gasteiger partial charge on any atom is 0.247 e. The summed E-state index contributed by atoms with van der Waals surface area (Å²) in [5, 5.41) is 8.43. The Morgan fingerprint density at radius 1 is 0.962 bits per heavy atom. The number of rotatable bonds is 7. The molecule has 1 aliphatic rings. The van der Waals surface area contributed by atoms with Gasteiger partial charge in [0, 0.05) is 45.0 Å². The third-order valence-electron chi connectivity index (χ3n) is 4.60. The molecule has 1 aliphatic heterocycles. The highest BCUT2D eigenvalue weighted by Crippen LogP contribution is 2.20. The molecule has 3 rings (SSSR count). The summed E-state index contributed by atoms with van der Waals surface area (Å²) in [5.41, 5.74) is 1.05. The second-order valence-electron chi connectivity index (χ2n) is 6.55. The first kappa shape index (κ1) is 18.4. The van der Waals surface area contributed by atoms with Crippen LogP contribution in [0.5, 0.6) is 0 Å². The van der Waals surface area contributed by atoms with Gasteiger partial charge in [0.15, 0.2) is 5.82 Å². The molecule has 0 saturated carbocycles. The summed E-state index contributed by atoms with van der Waals surface area (Å²) in [6.45, 7) is 9.65. The average molecular weight is 358 g/mol. The van der Waals surface area contributed by atoms with Crippen LogP contribution in [0.4, 0.5) is 21.8 Å². The number of nitrogens with zero attached hydrogens (tertiary/aromatic N) is 6. The zero-order valence-corrected chi connectivity index (χ0v) is 15.6. The largest absolute Gasteiger partial charge is 0.368 e. The number of piperazine rings is 1. The number of hydrogen-bond acceptors (Lipinski definition) is 6. The molecule has 140 valence electrons. The molecule has 6 nitrogen and oxygen atoms in total. The Bertz CT molecular complexity index is 679. The van der Waals surface area contributed by atoms with Crippen LogP contribution in [-0.2, 0) is 0 Å². The highest BCUT2D eigenvalue weighted by atomic mass is 19.1. The molecule has 1 saturated heterocycles. The molecule has 7 heteroatoms. The molecule has 1 fully saturated rings. The van der Waals surface area contributed by atoms with Gasteiger partial charge in [0.05, 0.1) is 6.20 Å². The lowest BCUT2D eigenvalue weighted by Crippen LogP contribution is -2.47. The van der Waals surface area contributed by atoms with E-state index in [1.807, 2.05) is 12.1 Å². The van der Waals surface area contributed by atoms with Crippen LogP contribution in [0.3, 0.4) is 0 Å². The van der Waals surface area contributed by atoms with Crippen LogP contribution < -0.4 is 14.7 Å². The van der Waals surface area contributed by atoms with Crippen LogP contribution in [0, 0.1) is 5.82 Å². The van der Waals surface area contributed by atoms with E-state index in [1.165, 1.54) is 12.1 Å². The molecule has 0 N–H and O–H groups in total. The molecule has 0 spiro atoms. The summed E-state index contributed by atoms with van der Waals surface area (Å²) in [4.78, 5) is 11.5. The Kier molecular flexibility index (Phi) is 6.20. The molecule has 0 bridgehead atoms. The van der Waals surface area contributed by atoms with Gasteiger partial charge in [-0.2, -0.15) is 10.1 Å². The van der Waals surface area contributed by atoms with Crippen LogP contribution in [0.15, 0.2) is 30.5 Å². The van der Waals surface area contributed by atoms with Gasteiger partial charge in [-0.05, 0) is 37.1 Å². The van der Waals surface area contributed by atoms with E-state index in [-0.39, 0.29) is 5.82 Å². The van der Waals surface area contributed by atoms with Crippen molar-refractivity contribution in [2.75, 3.05) is 54.0 Å². The van der Waals surface area contributed by atoms with Crippen molar-refractivity contribution in [1.82, 2.24) is 15.2 Å². The monoisotopic (exact) mass is 358 g/mol. The van der Waals surface area contributed by atoms with E-state index in [4.69, 9.17) is 4.98 Å². The van der Waals surface area contributed by atoms with Gasteiger partial charge in [0.25, 0.3) is 0 Å². The summed E-state index contributed by atoms with van der Waals surface area (Å²) in [6.07, 6.45) is 3.91. The van der Waals surface area contributed by atoms with Crippen molar-refractivity contribution in [1.29, 1.82) is 0 Å². The second-order valence-corrected chi connectivity index (χ2v) is 6.55. The summed E-state index contributed by atoms with van der Waals surface area (Å²) >= 11 is 0. The van der Waals surface area contributed by atoms with Gasteiger partial charge in [0.2, 0.25) is 5.95 Å². The molecular weight excluding hydrogens is 331 g/mol. The fraction of sp³-hybridized carbons (Fsp3) is 0.526. The van der Waals surface area contributed by atoms with Crippen LogP contribution >= 0.6 is 0 Å². The van der Waals surface area contributed by atoms with Gasteiger partial charge in [-0.25, -0.2) is 4.39 Å². The van der Waals surface area contributed by atoms with E-state index in [9.17, 15) is 4.39 Å². The minimum Gasteiger partial charge on any atom is -0.368 e. The number of hydrogen-bond donors (Lipinski definition) is 0. The predicted molar refractivity (Wildman–Crippen MR) is 103 cm³/mol. The minimum absolute atomic E-state index is 0.201. The Morgan fingerprint density at radius 3 is 2.19 bits per heavy atom. The Balaban J connectivity index is 1.65. The molecule has 26 heavy (non-hydrogen) atoms. The Hall–Kier alpha value is -2.44. The lowest BCUT2D eigenvalue weighted by Gasteiger charge is -2.36. The van der Waals surface area contributed by atoms with E-state index < -0.39 is 0 Å². The highest BCUT2D eigenvalue weighted by molar-refractivity contribution is 5.49. The molecular formula is C19H27FN6. The topological polar surface area (TPSA) is 48.4 Å². The van der Waals surface area contributed by atoms with Gasteiger partial charge in [-0.3, -0.25) is 0 Å². The molecule has 0 amide bonds. The van der Waals surface area contributed by atoms with E-state index >= 15 is 0 Å². The molecule has 0 unspecified atom stereocenters. The number of aromatic nitrogens is 3. The van der Waals surface area contributed by atoms with Crippen molar-refractivity contribution in [2.24, 2.45) is 0 Å². The van der Waals surface area contributed by atoms with E-state index in [0.717, 1.165) is 63.6 Å². The molecule has 2 heterocycles. The van der Waals surface area contributed by atoms with E-state index in [2.05, 4.69) is 38.7 Å². The minimum atomic E-state index is -0.201. The maximum atomic E-state index is 13.1. The SMILES string of the molecule is CCCN(CCC)c1cnnc(N2CCN(c3ccc(F)cc3)CC2)n1. The molecule has 0 radical (unpaired) electrons. The van der Waals surface area contributed by atoms with Gasteiger partial charge in [-0.1, -0.05) is 13.8 Å². The highest BCUT2D eigenvalue weighted by Gasteiger charge is 2.20. The predicted octanol–water partition coefficient (Wildman–Crippen LogP) is 2.96. The lowest BCUT2D eigenvalue weighted by molar-refractivity contribution is 0.621. The van der Waals surface area contributed by atoms with Crippen LogP contribution in [0.2, 0.25) is 0 Å². The van der Waals surface area contributed by atoms with Crippen molar-refractivity contribution in [3.05, 3.63) is 36.3 Å². The zero-order chi connectivity index (χ0) is 18.4. The Labute approximate surface area is 154 Å². The third kappa shape index (κ3) is 4.39. The number of anilines is 3. The molecule has 0 atom stereocenters. The quantitative estimate of drug-likeness (QED) is 0.758. The Morgan fingerprint density at radius 2 is 1.58 bits per heavy atom. The fourth-order valence-corrected chi connectivity index (χ4v) is 3.27. The number of benzene rings is 1. The summed E-state index contributed by atoms with van der Waals surface area (Å²) in [6, 6.07) is 6.68. The molecule has 2 aromatic rings. The first-order valence-corrected chi connectivity index (χ1v) is 9.41. The van der Waals surface area contributed by atoms with Crippen molar-refractivity contribution in [2.45, 2.75) is 26.7 Å². The summed E-state index contributed by atoms with van der Waals surface area (Å²) in [5.74, 6) is 1.39. The molecule has 1 aromatic heterocycles. The van der Waals surface area contributed by atoms with E-state index in [0.29, 0.717) is 5.95 Å². The average Bonchev–Trinajstić information content (AvgIpc) is 2.69.